The molecule has 1 rings (SSSR count). The number of hydrogen-bond acceptors (Lipinski definition) is 2. The maximum Gasteiger partial charge on any atom is 0.121 e. The third kappa shape index (κ3) is 2.33. The zero-order valence-corrected chi connectivity index (χ0v) is 7.91. The normalized spacial score (nSPS) is 11.0. The van der Waals surface area contributed by atoms with E-state index in [1.165, 1.54) is 0 Å². The zero-order valence-electron chi connectivity index (χ0n) is 7.91. The van der Waals surface area contributed by atoms with Crippen LogP contribution in [0, 0.1) is 13.8 Å². The van der Waals surface area contributed by atoms with Crippen LogP contribution in [0.3, 0.4) is 0 Å². The highest BCUT2D eigenvalue weighted by Gasteiger charge is 2.00. The second-order valence-electron chi connectivity index (χ2n) is 3.09. The average molecular weight is 178 g/mol. The van der Waals surface area contributed by atoms with Crippen molar-refractivity contribution in [1.82, 2.24) is 0 Å². The number of hydrogen-bond donors (Lipinski definition) is 2. The molecule has 0 saturated heterocycles. The van der Waals surface area contributed by atoms with Gasteiger partial charge in [-0.05, 0) is 42.7 Å². The summed E-state index contributed by atoms with van der Waals surface area (Å²) in [6.07, 6.45) is 3.50. The van der Waals surface area contributed by atoms with Crippen molar-refractivity contribution in [2.45, 2.75) is 13.8 Å². The molecule has 1 aromatic carbocycles. The van der Waals surface area contributed by atoms with Gasteiger partial charge in [0.2, 0.25) is 0 Å². The summed E-state index contributed by atoms with van der Waals surface area (Å²) >= 11 is 0. The highest BCUT2D eigenvalue weighted by atomic mass is 16.3. The van der Waals surface area contributed by atoms with Gasteiger partial charge in [0, 0.05) is 0 Å². The molecule has 0 aromatic heterocycles. The molecule has 0 aliphatic carbocycles. The van der Waals surface area contributed by atoms with Gasteiger partial charge in [-0.25, -0.2) is 0 Å². The van der Waals surface area contributed by atoms with Gasteiger partial charge < -0.3 is 10.2 Å². The van der Waals surface area contributed by atoms with Crippen molar-refractivity contribution in [2.24, 2.45) is 0 Å². The summed E-state index contributed by atoms with van der Waals surface area (Å²) in [7, 11) is 0. The van der Waals surface area contributed by atoms with Crippen LogP contribution in [0.15, 0.2) is 18.2 Å². The number of rotatable bonds is 2. The molecule has 0 fully saturated rings. The molecular weight excluding hydrogens is 164 g/mol. The lowest BCUT2D eigenvalue weighted by molar-refractivity contribution is 0.343. The molecule has 0 unspecified atom stereocenters. The molecular formula is C11H14O2. The van der Waals surface area contributed by atoms with Gasteiger partial charge in [-0.1, -0.05) is 12.2 Å². The maximum atomic E-state index is 9.48. The first-order valence-electron chi connectivity index (χ1n) is 4.22. The molecule has 0 atom stereocenters. The zero-order chi connectivity index (χ0) is 9.84. The Hall–Kier alpha value is -1.28. The summed E-state index contributed by atoms with van der Waals surface area (Å²) in [5.41, 5.74) is 2.72. The number of phenols is 1. The molecule has 0 heterocycles. The molecule has 2 nitrogen and oxygen atoms in total. The fraction of sp³-hybridized carbons (Fsp3) is 0.273. The van der Waals surface area contributed by atoms with Crippen LogP contribution < -0.4 is 0 Å². The van der Waals surface area contributed by atoms with E-state index in [0.717, 1.165) is 16.7 Å². The van der Waals surface area contributed by atoms with Crippen LogP contribution >= 0.6 is 0 Å². The van der Waals surface area contributed by atoms with Gasteiger partial charge in [0.25, 0.3) is 0 Å². The van der Waals surface area contributed by atoms with Gasteiger partial charge in [-0.3, -0.25) is 0 Å². The van der Waals surface area contributed by atoms with Crippen LogP contribution in [0.1, 0.15) is 16.7 Å². The number of aromatic hydroxyl groups is 1. The Morgan fingerprint density at radius 3 is 2.23 bits per heavy atom. The minimum atomic E-state index is 0.0406. The van der Waals surface area contributed by atoms with Crippen molar-refractivity contribution in [3.63, 3.8) is 0 Å². The van der Waals surface area contributed by atoms with E-state index in [2.05, 4.69) is 0 Å². The number of phenolic OH excluding ortho intramolecular Hbond substituents is 1. The van der Waals surface area contributed by atoms with Gasteiger partial charge in [0.05, 0.1) is 6.61 Å². The standard InChI is InChI=1S/C11H14O2/c1-8-6-10(4-3-5-12)7-9(2)11(8)13/h3-4,6-7,12-13H,5H2,1-2H3. The van der Waals surface area contributed by atoms with Crippen LogP contribution in [-0.2, 0) is 0 Å². The predicted octanol–water partition coefficient (Wildman–Crippen LogP) is 2.01. The third-order valence-electron chi connectivity index (χ3n) is 1.93. The fourth-order valence-electron chi connectivity index (χ4n) is 1.27. The van der Waals surface area contributed by atoms with Crippen molar-refractivity contribution < 1.29 is 10.2 Å². The Morgan fingerprint density at radius 2 is 1.77 bits per heavy atom. The molecule has 0 aliphatic heterocycles. The lowest BCUT2D eigenvalue weighted by Crippen LogP contribution is -1.83. The second-order valence-corrected chi connectivity index (χ2v) is 3.09. The van der Waals surface area contributed by atoms with E-state index in [1.54, 1.807) is 6.08 Å². The summed E-state index contributed by atoms with van der Waals surface area (Å²) < 4.78 is 0. The van der Waals surface area contributed by atoms with Crippen molar-refractivity contribution in [3.05, 3.63) is 34.9 Å². The minimum Gasteiger partial charge on any atom is -0.507 e. The third-order valence-corrected chi connectivity index (χ3v) is 1.93. The van der Waals surface area contributed by atoms with E-state index in [1.807, 2.05) is 32.1 Å². The molecule has 0 amide bonds. The Labute approximate surface area is 78.2 Å². The van der Waals surface area contributed by atoms with Crippen LogP contribution in [0.2, 0.25) is 0 Å². The SMILES string of the molecule is Cc1cc(C=CCO)cc(C)c1O. The largest absolute Gasteiger partial charge is 0.507 e. The highest BCUT2D eigenvalue weighted by Crippen LogP contribution is 2.23. The Balaban J connectivity index is 3.06. The summed E-state index contributed by atoms with van der Waals surface area (Å²) in [5.74, 6) is 0.348. The van der Waals surface area contributed by atoms with Gasteiger partial charge >= 0.3 is 0 Å². The maximum absolute atomic E-state index is 9.48. The Bertz CT molecular complexity index is 304. The Morgan fingerprint density at radius 1 is 1.23 bits per heavy atom. The summed E-state index contributed by atoms with van der Waals surface area (Å²) in [4.78, 5) is 0. The predicted molar refractivity (Wildman–Crippen MR) is 53.7 cm³/mol. The van der Waals surface area contributed by atoms with Crippen molar-refractivity contribution >= 4 is 6.08 Å². The van der Waals surface area contributed by atoms with Crippen molar-refractivity contribution in [2.75, 3.05) is 6.61 Å². The molecule has 0 aliphatic rings. The molecule has 0 spiro atoms. The molecule has 2 heteroatoms. The van der Waals surface area contributed by atoms with Crippen LogP contribution in [0.25, 0.3) is 6.08 Å². The highest BCUT2D eigenvalue weighted by molar-refractivity contribution is 5.55. The molecule has 13 heavy (non-hydrogen) atoms. The molecule has 0 radical (unpaired) electrons. The van der Waals surface area contributed by atoms with Gasteiger partial charge in [0.1, 0.15) is 5.75 Å². The smallest absolute Gasteiger partial charge is 0.121 e. The van der Waals surface area contributed by atoms with E-state index >= 15 is 0 Å². The minimum absolute atomic E-state index is 0.0406. The lowest BCUT2D eigenvalue weighted by atomic mass is 10.1. The van der Waals surface area contributed by atoms with Crippen molar-refractivity contribution in [1.29, 1.82) is 0 Å². The first kappa shape index (κ1) is 9.81. The van der Waals surface area contributed by atoms with Crippen LogP contribution in [0.4, 0.5) is 0 Å². The molecule has 70 valence electrons. The monoisotopic (exact) mass is 178 g/mol. The molecule has 1 aromatic rings. The Kier molecular flexibility index (Phi) is 3.09. The number of benzene rings is 1. The number of aliphatic hydroxyl groups is 1. The van der Waals surface area contributed by atoms with Gasteiger partial charge in [-0.2, -0.15) is 0 Å². The quantitative estimate of drug-likeness (QED) is 0.727. The second kappa shape index (κ2) is 4.10. The summed E-state index contributed by atoms with van der Waals surface area (Å²) in [6, 6.07) is 3.77. The molecule has 2 N–H and O–H groups in total. The van der Waals surface area contributed by atoms with Crippen molar-refractivity contribution in [3.8, 4) is 5.75 Å². The van der Waals surface area contributed by atoms with E-state index in [-0.39, 0.29) is 6.61 Å². The first-order valence-corrected chi connectivity index (χ1v) is 4.22. The first-order chi connectivity index (χ1) is 6.15. The van der Waals surface area contributed by atoms with Crippen LogP contribution in [-0.4, -0.2) is 16.8 Å². The van der Waals surface area contributed by atoms with E-state index < -0.39 is 0 Å². The number of aliphatic hydroxyl groups excluding tert-OH is 1. The lowest BCUT2D eigenvalue weighted by Gasteiger charge is -2.04. The van der Waals surface area contributed by atoms with E-state index in [0.29, 0.717) is 5.75 Å². The fourth-order valence-corrected chi connectivity index (χ4v) is 1.27. The van der Waals surface area contributed by atoms with Crippen LogP contribution in [0.5, 0.6) is 5.75 Å². The van der Waals surface area contributed by atoms with E-state index in [4.69, 9.17) is 5.11 Å². The topological polar surface area (TPSA) is 40.5 Å². The summed E-state index contributed by atoms with van der Waals surface area (Å²) in [6.45, 7) is 3.76. The van der Waals surface area contributed by atoms with E-state index in [9.17, 15) is 5.11 Å². The molecule has 0 saturated carbocycles. The summed E-state index contributed by atoms with van der Waals surface area (Å²) in [5, 5.41) is 18.1. The molecule has 0 bridgehead atoms. The number of aryl methyl sites for hydroxylation is 2. The van der Waals surface area contributed by atoms with Gasteiger partial charge in [-0.15, -0.1) is 0 Å². The average Bonchev–Trinajstić information content (AvgIpc) is 2.10. The van der Waals surface area contributed by atoms with Gasteiger partial charge in [0.15, 0.2) is 0 Å².